The molecule has 0 saturated carbocycles. The number of ether oxygens (including phenoxy) is 2. The first-order chi connectivity index (χ1) is 15.5. The molecule has 1 heterocycles. The Morgan fingerprint density at radius 2 is 1.66 bits per heavy atom. The molecule has 1 aliphatic rings. The number of nitrogens with zero attached hydrogens (tertiary/aromatic N) is 1. The van der Waals surface area contributed by atoms with Gasteiger partial charge in [-0.15, -0.1) is 0 Å². The van der Waals surface area contributed by atoms with Gasteiger partial charge in [0.2, 0.25) is 11.8 Å². The molecular weight excluding hydrogens is 410 g/mol. The van der Waals surface area contributed by atoms with Crippen molar-refractivity contribution >= 4 is 29.1 Å². The molecule has 8 nitrogen and oxygen atoms in total. The third-order valence-electron chi connectivity index (χ3n) is 5.01. The Morgan fingerprint density at radius 1 is 1.00 bits per heavy atom. The van der Waals surface area contributed by atoms with Gasteiger partial charge in [0, 0.05) is 30.9 Å². The van der Waals surface area contributed by atoms with E-state index < -0.39 is 0 Å². The summed E-state index contributed by atoms with van der Waals surface area (Å²) in [5, 5.41) is 5.61. The summed E-state index contributed by atoms with van der Waals surface area (Å²) in [5.41, 5.74) is 1.36. The zero-order valence-corrected chi connectivity index (χ0v) is 18.4. The highest BCUT2D eigenvalue weighted by Crippen LogP contribution is 2.27. The highest BCUT2D eigenvalue weighted by atomic mass is 16.5. The summed E-state index contributed by atoms with van der Waals surface area (Å²) in [5.74, 6) is 0.474. The molecule has 0 aliphatic carbocycles. The summed E-state index contributed by atoms with van der Waals surface area (Å²) in [6.45, 7) is 5.31. The van der Waals surface area contributed by atoms with Gasteiger partial charge in [-0.25, -0.2) is 0 Å². The van der Waals surface area contributed by atoms with Crippen molar-refractivity contribution in [3.8, 4) is 11.5 Å². The van der Waals surface area contributed by atoms with E-state index in [4.69, 9.17) is 9.47 Å². The Kier molecular flexibility index (Phi) is 8.08. The minimum Gasteiger partial charge on any atom is -0.494 e. The van der Waals surface area contributed by atoms with E-state index >= 15 is 0 Å². The van der Waals surface area contributed by atoms with Crippen molar-refractivity contribution in [1.82, 2.24) is 5.32 Å². The number of benzene rings is 2. The molecule has 1 aliphatic heterocycles. The van der Waals surface area contributed by atoms with Crippen LogP contribution >= 0.6 is 0 Å². The number of amides is 3. The molecule has 0 radical (unpaired) electrons. The van der Waals surface area contributed by atoms with Gasteiger partial charge in [0.05, 0.1) is 12.5 Å². The molecule has 1 atom stereocenters. The van der Waals surface area contributed by atoms with Crippen molar-refractivity contribution in [1.29, 1.82) is 0 Å². The smallest absolute Gasteiger partial charge is 0.262 e. The zero-order chi connectivity index (χ0) is 22.9. The summed E-state index contributed by atoms with van der Waals surface area (Å²) in [7, 11) is 0. The number of hydrogen-bond donors (Lipinski definition) is 2. The molecule has 0 aromatic heterocycles. The van der Waals surface area contributed by atoms with Crippen molar-refractivity contribution < 1.29 is 23.9 Å². The maximum atomic E-state index is 12.3. The van der Waals surface area contributed by atoms with Crippen molar-refractivity contribution in [3.05, 3.63) is 48.5 Å². The van der Waals surface area contributed by atoms with Crippen LogP contribution in [0.25, 0.3) is 0 Å². The first kappa shape index (κ1) is 23.1. The van der Waals surface area contributed by atoms with Crippen LogP contribution in [0.15, 0.2) is 48.5 Å². The summed E-state index contributed by atoms with van der Waals surface area (Å²) in [4.78, 5) is 38.2. The van der Waals surface area contributed by atoms with E-state index in [2.05, 4.69) is 10.6 Å². The van der Waals surface area contributed by atoms with E-state index in [0.717, 1.165) is 12.2 Å². The second kappa shape index (κ2) is 11.2. The topological polar surface area (TPSA) is 97.0 Å². The number of rotatable bonds is 10. The maximum Gasteiger partial charge on any atom is 0.262 e. The van der Waals surface area contributed by atoms with Crippen molar-refractivity contribution in [2.45, 2.75) is 26.7 Å². The van der Waals surface area contributed by atoms with E-state index in [1.165, 1.54) is 0 Å². The van der Waals surface area contributed by atoms with Crippen LogP contribution in [0.3, 0.4) is 0 Å². The second-order valence-electron chi connectivity index (χ2n) is 7.48. The van der Waals surface area contributed by atoms with Gasteiger partial charge in [-0.05, 0) is 61.9 Å². The molecule has 32 heavy (non-hydrogen) atoms. The molecule has 3 amide bonds. The molecule has 0 unspecified atom stereocenters. The monoisotopic (exact) mass is 439 g/mol. The fourth-order valence-corrected chi connectivity index (χ4v) is 3.39. The van der Waals surface area contributed by atoms with E-state index in [0.29, 0.717) is 36.8 Å². The molecule has 2 aromatic rings. The quantitative estimate of drug-likeness (QED) is 0.593. The minimum atomic E-state index is -0.337. The zero-order valence-electron chi connectivity index (χ0n) is 18.4. The lowest BCUT2D eigenvalue weighted by atomic mass is 10.1. The summed E-state index contributed by atoms with van der Waals surface area (Å²) >= 11 is 0. The number of hydrogen-bond acceptors (Lipinski definition) is 5. The highest BCUT2D eigenvalue weighted by Gasteiger charge is 2.34. The Labute approximate surface area is 187 Å². The van der Waals surface area contributed by atoms with Crippen LogP contribution in [0.1, 0.15) is 26.7 Å². The summed E-state index contributed by atoms with van der Waals surface area (Å²) in [6.07, 6.45) is 1.06. The van der Waals surface area contributed by atoms with Crippen LogP contribution < -0.4 is 25.0 Å². The lowest BCUT2D eigenvalue weighted by Crippen LogP contribution is -2.33. The Balaban J connectivity index is 1.48. The lowest BCUT2D eigenvalue weighted by molar-refractivity contribution is -0.126. The molecule has 3 rings (SSSR count). The van der Waals surface area contributed by atoms with Crippen LogP contribution in [0.2, 0.25) is 0 Å². The van der Waals surface area contributed by atoms with Gasteiger partial charge in [-0.1, -0.05) is 6.92 Å². The first-order valence-corrected chi connectivity index (χ1v) is 10.8. The van der Waals surface area contributed by atoms with Gasteiger partial charge in [0.15, 0.2) is 6.61 Å². The van der Waals surface area contributed by atoms with Crippen LogP contribution in [0.5, 0.6) is 11.5 Å². The first-order valence-electron chi connectivity index (χ1n) is 10.8. The van der Waals surface area contributed by atoms with Crippen molar-refractivity contribution in [2.24, 2.45) is 5.92 Å². The van der Waals surface area contributed by atoms with Crippen LogP contribution in [0.4, 0.5) is 11.4 Å². The van der Waals surface area contributed by atoms with Gasteiger partial charge in [-0.2, -0.15) is 0 Å². The molecular formula is C24H29N3O5. The van der Waals surface area contributed by atoms with E-state index in [1.54, 1.807) is 53.4 Å². The second-order valence-corrected chi connectivity index (χ2v) is 7.48. The van der Waals surface area contributed by atoms with E-state index in [1.807, 2.05) is 13.8 Å². The molecule has 1 fully saturated rings. The van der Waals surface area contributed by atoms with Gasteiger partial charge < -0.3 is 25.0 Å². The van der Waals surface area contributed by atoms with Crippen LogP contribution in [-0.2, 0) is 14.4 Å². The SMILES string of the molecule is CCCNC(=O)[C@@H]1CC(=O)N(c2ccc(OCC(=O)Nc3ccc(OCC)cc3)cc2)C1. The molecule has 8 heteroatoms. The molecule has 170 valence electrons. The normalized spacial score (nSPS) is 15.4. The molecule has 0 bridgehead atoms. The predicted molar refractivity (Wildman–Crippen MR) is 122 cm³/mol. The largest absolute Gasteiger partial charge is 0.494 e. The van der Waals surface area contributed by atoms with Gasteiger partial charge in [0.25, 0.3) is 5.91 Å². The highest BCUT2D eigenvalue weighted by molar-refractivity contribution is 6.00. The van der Waals surface area contributed by atoms with Gasteiger partial charge in [0.1, 0.15) is 11.5 Å². The lowest BCUT2D eigenvalue weighted by Gasteiger charge is -2.17. The van der Waals surface area contributed by atoms with Crippen molar-refractivity contribution in [2.75, 3.05) is 36.5 Å². The fraction of sp³-hybridized carbons (Fsp3) is 0.375. The third-order valence-corrected chi connectivity index (χ3v) is 5.01. The standard InChI is InChI=1S/C24H29N3O5/c1-3-13-25-24(30)17-14-23(29)27(15-17)19-7-11-21(12-8-19)32-16-22(28)26-18-5-9-20(10-6-18)31-4-2/h5-12,17H,3-4,13-16H2,1-2H3,(H,25,30)(H,26,28)/t17-/m1/s1. The minimum absolute atomic E-state index is 0.0787. The van der Waals surface area contributed by atoms with E-state index in [-0.39, 0.29) is 36.7 Å². The Bertz CT molecular complexity index is 928. The average Bonchev–Trinajstić information content (AvgIpc) is 3.19. The maximum absolute atomic E-state index is 12.3. The Hall–Kier alpha value is -3.55. The van der Waals surface area contributed by atoms with Gasteiger partial charge in [-0.3, -0.25) is 14.4 Å². The van der Waals surface area contributed by atoms with Crippen molar-refractivity contribution in [3.63, 3.8) is 0 Å². The molecule has 2 N–H and O–H groups in total. The van der Waals surface area contributed by atoms with Crippen LogP contribution in [-0.4, -0.2) is 44.0 Å². The number of nitrogens with one attached hydrogen (secondary N) is 2. The van der Waals surface area contributed by atoms with Crippen LogP contribution in [0, 0.1) is 5.92 Å². The summed E-state index contributed by atoms with van der Waals surface area (Å²) in [6, 6.07) is 14.0. The molecule has 0 spiro atoms. The molecule has 1 saturated heterocycles. The van der Waals surface area contributed by atoms with E-state index in [9.17, 15) is 14.4 Å². The predicted octanol–water partition coefficient (Wildman–Crippen LogP) is 2.98. The molecule has 2 aromatic carbocycles. The Morgan fingerprint density at radius 3 is 2.31 bits per heavy atom. The average molecular weight is 440 g/mol. The number of carbonyl (C=O) groups is 3. The van der Waals surface area contributed by atoms with Gasteiger partial charge >= 0.3 is 0 Å². The number of anilines is 2. The number of carbonyl (C=O) groups excluding carboxylic acids is 3. The third kappa shape index (κ3) is 6.23. The fourth-order valence-electron chi connectivity index (χ4n) is 3.39. The summed E-state index contributed by atoms with van der Waals surface area (Å²) < 4.78 is 10.9.